The Labute approximate surface area is 155 Å². The summed E-state index contributed by atoms with van der Waals surface area (Å²) in [7, 11) is 0. The number of aromatic nitrogens is 2. The van der Waals surface area contributed by atoms with Crippen molar-refractivity contribution in [3.63, 3.8) is 0 Å². The first-order valence-corrected chi connectivity index (χ1v) is 9.28. The van der Waals surface area contributed by atoms with Crippen LogP contribution in [0.25, 0.3) is 0 Å². The topological polar surface area (TPSA) is 44.3 Å². The second-order valence-electron chi connectivity index (χ2n) is 6.46. The number of likely N-dealkylation sites (N-methyl/N-ethyl adjacent to an activating group) is 1. The first kappa shape index (κ1) is 18.1. The molecule has 25 heavy (non-hydrogen) atoms. The molecule has 0 atom stereocenters. The van der Waals surface area contributed by atoms with E-state index in [0.29, 0.717) is 11.0 Å². The highest BCUT2D eigenvalue weighted by Gasteiger charge is 2.16. The Morgan fingerprint density at radius 3 is 2.40 bits per heavy atom. The molecule has 0 aliphatic carbocycles. The second kappa shape index (κ2) is 8.61. The summed E-state index contributed by atoms with van der Waals surface area (Å²) in [6.45, 7) is 11.6. The van der Waals surface area contributed by atoms with E-state index < -0.39 is 0 Å². The number of aryl methyl sites for hydroxylation is 1. The average molecular weight is 360 g/mol. The molecule has 6 heteroatoms. The van der Waals surface area contributed by atoms with Gasteiger partial charge in [0, 0.05) is 45.3 Å². The lowest BCUT2D eigenvalue weighted by atomic mass is 10.1. The summed E-state index contributed by atoms with van der Waals surface area (Å²) < 4.78 is 0. The number of halogens is 1. The summed E-state index contributed by atoms with van der Waals surface area (Å²) in [6, 6.07) is 10.4. The van der Waals surface area contributed by atoms with E-state index in [2.05, 4.69) is 56.3 Å². The Morgan fingerprint density at radius 2 is 1.72 bits per heavy atom. The standard InChI is InChI=1S/C19H26ClN5/c1-3-24-8-10-25(11-9-24)14-17-7-5-4-6-16(17)13-21-19-12-18(20)22-15(2)23-19/h4-7,12H,3,8-11,13-14H2,1-2H3,(H,21,22,23). The van der Waals surface area contributed by atoms with Gasteiger partial charge in [0.05, 0.1) is 0 Å². The summed E-state index contributed by atoms with van der Waals surface area (Å²) in [5.41, 5.74) is 2.67. The number of nitrogens with one attached hydrogen (secondary N) is 1. The smallest absolute Gasteiger partial charge is 0.134 e. The van der Waals surface area contributed by atoms with Crippen LogP contribution in [0, 0.1) is 6.92 Å². The van der Waals surface area contributed by atoms with Gasteiger partial charge in [0.15, 0.2) is 0 Å². The summed E-state index contributed by atoms with van der Waals surface area (Å²) in [5, 5.41) is 3.84. The molecule has 2 heterocycles. The van der Waals surface area contributed by atoms with E-state index in [1.54, 1.807) is 6.07 Å². The minimum atomic E-state index is 0.470. The number of piperazine rings is 1. The highest BCUT2D eigenvalue weighted by Crippen LogP contribution is 2.16. The Morgan fingerprint density at radius 1 is 1.04 bits per heavy atom. The molecule has 5 nitrogen and oxygen atoms in total. The van der Waals surface area contributed by atoms with E-state index in [-0.39, 0.29) is 0 Å². The van der Waals surface area contributed by atoms with Crippen molar-refractivity contribution in [2.45, 2.75) is 26.9 Å². The number of benzene rings is 1. The van der Waals surface area contributed by atoms with Crippen LogP contribution in [0.1, 0.15) is 23.9 Å². The van der Waals surface area contributed by atoms with Crippen LogP contribution in [-0.2, 0) is 13.1 Å². The van der Waals surface area contributed by atoms with Gasteiger partial charge in [-0.1, -0.05) is 42.8 Å². The van der Waals surface area contributed by atoms with Gasteiger partial charge in [-0.25, -0.2) is 9.97 Å². The summed E-state index contributed by atoms with van der Waals surface area (Å²) >= 11 is 6.01. The fraction of sp³-hybridized carbons (Fsp3) is 0.474. The Bertz CT molecular complexity index is 678. The Balaban J connectivity index is 1.63. The number of anilines is 1. The monoisotopic (exact) mass is 359 g/mol. The van der Waals surface area contributed by atoms with Crippen molar-refractivity contribution in [3.05, 3.63) is 52.4 Å². The molecule has 134 valence electrons. The van der Waals surface area contributed by atoms with Gasteiger partial charge in [0.1, 0.15) is 16.8 Å². The molecule has 0 radical (unpaired) electrons. The van der Waals surface area contributed by atoms with E-state index in [4.69, 9.17) is 11.6 Å². The maximum absolute atomic E-state index is 6.01. The zero-order chi connectivity index (χ0) is 17.6. The van der Waals surface area contributed by atoms with Crippen molar-refractivity contribution in [3.8, 4) is 0 Å². The maximum atomic E-state index is 6.01. The van der Waals surface area contributed by atoms with E-state index in [9.17, 15) is 0 Å². The first-order valence-electron chi connectivity index (χ1n) is 8.90. The lowest BCUT2D eigenvalue weighted by molar-refractivity contribution is 0.131. The molecular formula is C19H26ClN5. The molecule has 1 aromatic heterocycles. The molecule has 1 aliphatic heterocycles. The van der Waals surface area contributed by atoms with Gasteiger partial charge in [-0.2, -0.15) is 0 Å². The van der Waals surface area contributed by atoms with Gasteiger partial charge in [0.2, 0.25) is 0 Å². The normalized spacial score (nSPS) is 16.1. The second-order valence-corrected chi connectivity index (χ2v) is 6.84. The molecule has 2 aromatic rings. The largest absolute Gasteiger partial charge is 0.366 e. The lowest BCUT2D eigenvalue weighted by Gasteiger charge is -2.34. The fourth-order valence-corrected chi connectivity index (χ4v) is 3.42. The van der Waals surface area contributed by atoms with Gasteiger partial charge < -0.3 is 10.2 Å². The van der Waals surface area contributed by atoms with Gasteiger partial charge >= 0.3 is 0 Å². The average Bonchev–Trinajstić information content (AvgIpc) is 2.61. The van der Waals surface area contributed by atoms with E-state index in [0.717, 1.165) is 51.6 Å². The minimum Gasteiger partial charge on any atom is -0.366 e. The Kier molecular flexibility index (Phi) is 6.24. The van der Waals surface area contributed by atoms with Crippen LogP contribution < -0.4 is 5.32 Å². The highest BCUT2D eigenvalue weighted by molar-refractivity contribution is 6.29. The first-order chi connectivity index (χ1) is 12.1. The van der Waals surface area contributed by atoms with Crippen LogP contribution in [0.4, 0.5) is 5.82 Å². The molecule has 1 fully saturated rings. The third kappa shape index (κ3) is 5.14. The molecule has 1 N–H and O–H groups in total. The summed E-state index contributed by atoms with van der Waals surface area (Å²) in [6.07, 6.45) is 0. The minimum absolute atomic E-state index is 0.470. The van der Waals surface area contributed by atoms with Crippen molar-refractivity contribution < 1.29 is 0 Å². The number of hydrogen-bond donors (Lipinski definition) is 1. The highest BCUT2D eigenvalue weighted by atomic mass is 35.5. The van der Waals surface area contributed by atoms with Crippen LogP contribution in [0.3, 0.4) is 0 Å². The number of rotatable bonds is 6. The summed E-state index contributed by atoms with van der Waals surface area (Å²) in [4.78, 5) is 13.5. The van der Waals surface area contributed by atoms with Crippen molar-refractivity contribution in [1.29, 1.82) is 0 Å². The van der Waals surface area contributed by atoms with E-state index in [1.807, 2.05) is 6.92 Å². The molecule has 1 aromatic carbocycles. The predicted molar refractivity (Wildman–Crippen MR) is 103 cm³/mol. The van der Waals surface area contributed by atoms with Crippen LogP contribution in [0.15, 0.2) is 30.3 Å². The zero-order valence-corrected chi connectivity index (χ0v) is 15.8. The molecule has 0 saturated carbocycles. The van der Waals surface area contributed by atoms with Gasteiger partial charge in [0.25, 0.3) is 0 Å². The Hall–Kier alpha value is -1.69. The van der Waals surface area contributed by atoms with Crippen LogP contribution in [-0.4, -0.2) is 52.5 Å². The molecule has 3 rings (SSSR count). The van der Waals surface area contributed by atoms with Crippen molar-refractivity contribution >= 4 is 17.4 Å². The van der Waals surface area contributed by atoms with Crippen molar-refractivity contribution in [2.24, 2.45) is 0 Å². The third-order valence-electron chi connectivity index (χ3n) is 4.69. The molecule has 1 aliphatic rings. The molecule has 1 saturated heterocycles. The quantitative estimate of drug-likeness (QED) is 0.802. The predicted octanol–water partition coefficient (Wildman–Crippen LogP) is 3.19. The van der Waals surface area contributed by atoms with Crippen LogP contribution >= 0.6 is 11.6 Å². The van der Waals surface area contributed by atoms with Gasteiger partial charge in [-0.15, -0.1) is 0 Å². The van der Waals surface area contributed by atoms with E-state index >= 15 is 0 Å². The summed E-state index contributed by atoms with van der Waals surface area (Å²) in [5.74, 6) is 1.45. The lowest BCUT2D eigenvalue weighted by Crippen LogP contribution is -2.45. The molecule has 0 spiro atoms. The third-order valence-corrected chi connectivity index (χ3v) is 4.88. The number of nitrogens with zero attached hydrogens (tertiary/aromatic N) is 4. The molecule has 0 unspecified atom stereocenters. The fourth-order valence-electron chi connectivity index (χ4n) is 3.20. The van der Waals surface area contributed by atoms with Crippen molar-refractivity contribution in [1.82, 2.24) is 19.8 Å². The van der Waals surface area contributed by atoms with Crippen LogP contribution in [0.5, 0.6) is 0 Å². The number of hydrogen-bond acceptors (Lipinski definition) is 5. The van der Waals surface area contributed by atoms with Gasteiger partial charge in [-0.05, 0) is 24.6 Å². The van der Waals surface area contributed by atoms with Crippen molar-refractivity contribution in [2.75, 3.05) is 38.0 Å². The van der Waals surface area contributed by atoms with Crippen LogP contribution in [0.2, 0.25) is 5.15 Å². The maximum Gasteiger partial charge on any atom is 0.134 e. The molecular weight excluding hydrogens is 334 g/mol. The SMILES string of the molecule is CCN1CCN(Cc2ccccc2CNc2cc(Cl)nc(C)n2)CC1. The zero-order valence-electron chi connectivity index (χ0n) is 15.0. The molecule has 0 amide bonds. The van der Waals surface area contributed by atoms with Gasteiger partial charge in [-0.3, -0.25) is 4.90 Å². The molecule has 0 bridgehead atoms. The van der Waals surface area contributed by atoms with E-state index in [1.165, 1.54) is 11.1 Å².